The van der Waals surface area contributed by atoms with Crippen molar-refractivity contribution in [2.24, 2.45) is 5.14 Å². The van der Waals surface area contributed by atoms with Gasteiger partial charge in [-0.2, -0.15) is 0 Å². The number of hydrogen-bond acceptors (Lipinski definition) is 4. The van der Waals surface area contributed by atoms with Gasteiger partial charge in [0.25, 0.3) is 0 Å². The van der Waals surface area contributed by atoms with Crippen LogP contribution in [0.25, 0.3) is 0 Å². The smallest absolute Gasteiger partial charge is 0.250 e. The number of carbonyl (C=O) groups excluding carboxylic acids is 1. The Kier molecular flexibility index (Phi) is 5.71. The summed E-state index contributed by atoms with van der Waals surface area (Å²) in [6.45, 7) is 3.74. The highest BCUT2D eigenvalue weighted by molar-refractivity contribution is 7.89. The van der Waals surface area contributed by atoms with Gasteiger partial charge in [0, 0.05) is 5.69 Å². The Morgan fingerprint density at radius 1 is 1.17 bits per heavy atom. The first kappa shape index (κ1) is 18.1. The summed E-state index contributed by atoms with van der Waals surface area (Å²) in [5.74, 6) is -0.361. The molecule has 0 fully saturated rings. The van der Waals surface area contributed by atoms with Crippen molar-refractivity contribution in [3.8, 4) is 0 Å². The SMILES string of the molecule is Cc1cc(S(N)(=O)=O)cc(NC(=O)COCc2ccccc2)c1C. The van der Waals surface area contributed by atoms with Gasteiger partial charge in [-0.3, -0.25) is 4.79 Å². The number of benzene rings is 2. The summed E-state index contributed by atoms with van der Waals surface area (Å²) in [6.07, 6.45) is 0. The normalized spacial score (nSPS) is 11.3. The van der Waals surface area contributed by atoms with Crippen LogP contribution in [-0.4, -0.2) is 20.9 Å². The highest BCUT2D eigenvalue weighted by Gasteiger charge is 2.14. The second kappa shape index (κ2) is 7.57. The van der Waals surface area contributed by atoms with E-state index in [2.05, 4.69) is 5.32 Å². The summed E-state index contributed by atoms with van der Waals surface area (Å²) in [5.41, 5.74) is 2.88. The van der Waals surface area contributed by atoms with Gasteiger partial charge in [-0.25, -0.2) is 13.6 Å². The third-order valence-corrected chi connectivity index (χ3v) is 4.48. The lowest BCUT2D eigenvalue weighted by atomic mass is 10.1. The van der Waals surface area contributed by atoms with Gasteiger partial charge in [-0.05, 0) is 42.7 Å². The van der Waals surface area contributed by atoms with Crippen molar-refractivity contribution in [3.63, 3.8) is 0 Å². The number of amides is 1. The predicted molar refractivity (Wildman–Crippen MR) is 92.0 cm³/mol. The van der Waals surface area contributed by atoms with Gasteiger partial charge in [-0.15, -0.1) is 0 Å². The Bertz CT molecular complexity index is 833. The minimum Gasteiger partial charge on any atom is -0.367 e. The maximum Gasteiger partial charge on any atom is 0.250 e. The van der Waals surface area contributed by atoms with Crippen LogP contribution < -0.4 is 10.5 Å². The van der Waals surface area contributed by atoms with Crippen LogP contribution in [0.4, 0.5) is 5.69 Å². The molecule has 6 nitrogen and oxygen atoms in total. The van der Waals surface area contributed by atoms with Crippen LogP contribution in [0.15, 0.2) is 47.4 Å². The third kappa shape index (κ3) is 4.89. The number of anilines is 1. The Morgan fingerprint density at radius 2 is 1.83 bits per heavy atom. The Labute approximate surface area is 141 Å². The quantitative estimate of drug-likeness (QED) is 0.835. The molecule has 2 aromatic carbocycles. The fourth-order valence-corrected chi connectivity index (χ4v) is 2.77. The number of nitrogens with one attached hydrogen (secondary N) is 1. The van der Waals surface area contributed by atoms with Gasteiger partial charge in [-0.1, -0.05) is 30.3 Å². The summed E-state index contributed by atoms with van der Waals surface area (Å²) >= 11 is 0. The molecule has 0 aliphatic heterocycles. The highest BCUT2D eigenvalue weighted by Crippen LogP contribution is 2.23. The zero-order valence-corrected chi connectivity index (χ0v) is 14.4. The topological polar surface area (TPSA) is 98.5 Å². The van der Waals surface area contributed by atoms with E-state index in [9.17, 15) is 13.2 Å². The Balaban J connectivity index is 2.02. The molecule has 7 heteroatoms. The van der Waals surface area contributed by atoms with Crippen molar-refractivity contribution in [1.29, 1.82) is 0 Å². The third-order valence-electron chi connectivity index (χ3n) is 3.59. The molecule has 0 spiro atoms. The van der Waals surface area contributed by atoms with Gasteiger partial charge in [0.15, 0.2) is 0 Å². The molecular formula is C17H20N2O4S. The summed E-state index contributed by atoms with van der Waals surface area (Å²) in [5, 5.41) is 7.82. The van der Waals surface area contributed by atoms with Gasteiger partial charge in [0.2, 0.25) is 15.9 Å². The molecule has 0 aromatic heterocycles. The van der Waals surface area contributed by atoms with E-state index in [-0.39, 0.29) is 17.4 Å². The number of hydrogen-bond donors (Lipinski definition) is 2. The molecule has 2 rings (SSSR count). The van der Waals surface area contributed by atoms with Crippen molar-refractivity contribution in [3.05, 3.63) is 59.2 Å². The van der Waals surface area contributed by atoms with Gasteiger partial charge in [0.1, 0.15) is 6.61 Å². The van der Waals surface area contributed by atoms with E-state index in [1.54, 1.807) is 13.8 Å². The first-order valence-electron chi connectivity index (χ1n) is 7.33. The summed E-state index contributed by atoms with van der Waals surface area (Å²) in [6, 6.07) is 12.3. The molecule has 128 valence electrons. The summed E-state index contributed by atoms with van der Waals surface area (Å²) in [7, 11) is -3.84. The highest BCUT2D eigenvalue weighted by atomic mass is 32.2. The monoisotopic (exact) mass is 348 g/mol. The van der Waals surface area contributed by atoms with E-state index in [0.717, 1.165) is 16.7 Å². The maximum absolute atomic E-state index is 12.0. The average Bonchev–Trinajstić information content (AvgIpc) is 2.51. The van der Waals surface area contributed by atoms with E-state index < -0.39 is 10.0 Å². The van der Waals surface area contributed by atoms with E-state index in [1.807, 2.05) is 30.3 Å². The Hall–Kier alpha value is -2.22. The fraction of sp³-hybridized carbons (Fsp3) is 0.235. The summed E-state index contributed by atoms with van der Waals surface area (Å²) in [4.78, 5) is 12.0. The minimum absolute atomic E-state index is 0.0360. The molecule has 0 saturated heterocycles. The van der Waals surface area contributed by atoms with Crippen molar-refractivity contribution in [1.82, 2.24) is 0 Å². The van der Waals surface area contributed by atoms with Crippen LogP contribution in [0.1, 0.15) is 16.7 Å². The van der Waals surface area contributed by atoms with Crippen LogP contribution in [0.5, 0.6) is 0 Å². The molecule has 0 saturated carbocycles. The second-order valence-corrected chi connectivity index (χ2v) is 7.05. The lowest BCUT2D eigenvalue weighted by Crippen LogP contribution is -2.20. The molecule has 0 aliphatic rings. The molecule has 0 radical (unpaired) electrons. The van der Waals surface area contributed by atoms with Crippen molar-refractivity contribution >= 4 is 21.6 Å². The number of nitrogens with two attached hydrogens (primary N) is 1. The number of primary sulfonamides is 1. The molecule has 0 aliphatic carbocycles. The van der Waals surface area contributed by atoms with E-state index in [4.69, 9.17) is 9.88 Å². The van der Waals surface area contributed by atoms with Crippen molar-refractivity contribution in [2.75, 3.05) is 11.9 Å². The molecule has 24 heavy (non-hydrogen) atoms. The molecule has 0 atom stereocenters. The zero-order chi connectivity index (χ0) is 17.7. The van der Waals surface area contributed by atoms with Gasteiger partial charge >= 0.3 is 0 Å². The van der Waals surface area contributed by atoms with Gasteiger partial charge < -0.3 is 10.1 Å². The van der Waals surface area contributed by atoms with E-state index >= 15 is 0 Å². The molecule has 2 aromatic rings. The van der Waals surface area contributed by atoms with Crippen LogP contribution in [0.2, 0.25) is 0 Å². The molecule has 0 heterocycles. The number of aryl methyl sites for hydroxylation is 1. The second-order valence-electron chi connectivity index (χ2n) is 5.48. The van der Waals surface area contributed by atoms with Crippen LogP contribution in [-0.2, 0) is 26.2 Å². The lowest BCUT2D eigenvalue weighted by molar-refractivity contribution is -0.121. The maximum atomic E-state index is 12.0. The molecule has 1 amide bonds. The van der Waals surface area contributed by atoms with E-state index in [1.165, 1.54) is 12.1 Å². The molecular weight excluding hydrogens is 328 g/mol. The Morgan fingerprint density at radius 3 is 2.46 bits per heavy atom. The summed E-state index contributed by atoms with van der Waals surface area (Å²) < 4.78 is 28.4. The first-order chi connectivity index (χ1) is 11.3. The minimum atomic E-state index is -3.84. The largest absolute Gasteiger partial charge is 0.367 e. The molecule has 3 N–H and O–H groups in total. The van der Waals surface area contributed by atoms with Crippen molar-refractivity contribution in [2.45, 2.75) is 25.3 Å². The molecule has 0 bridgehead atoms. The van der Waals surface area contributed by atoms with Crippen LogP contribution >= 0.6 is 0 Å². The van der Waals surface area contributed by atoms with Gasteiger partial charge in [0.05, 0.1) is 11.5 Å². The lowest BCUT2D eigenvalue weighted by Gasteiger charge is -2.13. The standard InChI is InChI=1S/C17H20N2O4S/c1-12-8-15(24(18,21)22)9-16(13(12)2)19-17(20)11-23-10-14-6-4-3-5-7-14/h3-9H,10-11H2,1-2H3,(H,19,20)(H2,18,21,22). The number of carbonyl (C=O) groups is 1. The molecule has 0 unspecified atom stereocenters. The van der Waals surface area contributed by atoms with Crippen molar-refractivity contribution < 1.29 is 17.9 Å². The van der Waals surface area contributed by atoms with Crippen LogP contribution in [0.3, 0.4) is 0 Å². The average molecular weight is 348 g/mol. The predicted octanol–water partition coefficient (Wildman–Crippen LogP) is 2.11. The number of ether oxygens (including phenoxy) is 1. The first-order valence-corrected chi connectivity index (χ1v) is 8.87. The fourth-order valence-electron chi connectivity index (χ4n) is 2.14. The number of sulfonamides is 1. The zero-order valence-electron chi connectivity index (χ0n) is 13.6. The van der Waals surface area contributed by atoms with Crippen LogP contribution in [0, 0.1) is 13.8 Å². The number of rotatable bonds is 6. The van der Waals surface area contributed by atoms with E-state index in [0.29, 0.717) is 12.3 Å².